The Bertz CT molecular complexity index is 1640. The molecule has 0 spiro atoms. The summed E-state index contributed by atoms with van der Waals surface area (Å²) in [5, 5.41) is 7.90. The summed E-state index contributed by atoms with van der Waals surface area (Å²) < 4.78 is 34.2. The lowest BCUT2D eigenvalue weighted by Crippen LogP contribution is -2.53. The molecule has 1 amide bonds. The van der Waals surface area contributed by atoms with Crippen LogP contribution in [0.15, 0.2) is 55.4 Å². The van der Waals surface area contributed by atoms with Crippen molar-refractivity contribution in [2.75, 3.05) is 73.1 Å². The summed E-state index contributed by atoms with van der Waals surface area (Å²) >= 11 is 0. The van der Waals surface area contributed by atoms with E-state index in [1.54, 1.807) is 11.1 Å². The van der Waals surface area contributed by atoms with E-state index in [9.17, 15) is 13.6 Å². The number of amides is 1. The lowest BCUT2D eigenvalue weighted by atomic mass is 10.0. The summed E-state index contributed by atoms with van der Waals surface area (Å²) in [7, 11) is 0. The molecular weight excluding hydrogens is 630 g/mol. The molecule has 1 saturated carbocycles. The van der Waals surface area contributed by atoms with E-state index in [4.69, 9.17) is 9.57 Å². The molecule has 2 aromatic carbocycles. The Balaban J connectivity index is 1.10. The van der Waals surface area contributed by atoms with Gasteiger partial charge in [-0.15, -0.1) is 0 Å². The van der Waals surface area contributed by atoms with Crippen LogP contribution in [0.4, 0.5) is 37.5 Å². The van der Waals surface area contributed by atoms with Gasteiger partial charge >= 0.3 is 0 Å². The highest BCUT2D eigenvalue weighted by Crippen LogP contribution is 2.41. The fourth-order valence-corrected chi connectivity index (χ4v) is 7.31. The van der Waals surface area contributed by atoms with Gasteiger partial charge in [0.2, 0.25) is 5.91 Å². The molecule has 3 saturated heterocycles. The number of carbonyl (C=O) groups is 1. The summed E-state index contributed by atoms with van der Waals surface area (Å²) in [6, 6.07) is 9.96. The topological polar surface area (TPSA) is 98.3 Å². The summed E-state index contributed by atoms with van der Waals surface area (Å²) in [5.41, 5.74) is 2.59. The van der Waals surface area contributed by atoms with Crippen molar-refractivity contribution in [2.45, 2.75) is 57.2 Å². The number of benzene rings is 2. The lowest BCUT2D eigenvalue weighted by Gasteiger charge is -2.43. The van der Waals surface area contributed by atoms with Gasteiger partial charge in [0, 0.05) is 76.0 Å². The summed E-state index contributed by atoms with van der Waals surface area (Å²) in [5.74, 6) is -0.124. The van der Waals surface area contributed by atoms with Gasteiger partial charge < -0.3 is 20.3 Å². The predicted octanol–water partition coefficient (Wildman–Crippen LogP) is 5.65. The van der Waals surface area contributed by atoms with Gasteiger partial charge in [0.25, 0.3) is 0 Å². The van der Waals surface area contributed by atoms with Crippen LogP contribution in [0.3, 0.4) is 0 Å². The second kappa shape index (κ2) is 14.7. The van der Waals surface area contributed by atoms with Crippen molar-refractivity contribution in [2.24, 2.45) is 0 Å². The molecule has 1 unspecified atom stereocenters. The maximum atomic E-state index is 14.0. The quantitative estimate of drug-likeness (QED) is 0.248. The third kappa shape index (κ3) is 7.63. The second-order valence-corrected chi connectivity index (χ2v) is 13.1. The van der Waals surface area contributed by atoms with Crippen LogP contribution in [-0.4, -0.2) is 90.2 Å². The largest absolute Gasteiger partial charge is 0.492 e. The van der Waals surface area contributed by atoms with Gasteiger partial charge in [0.1, 0.15) is 29.5 Å². The molecule has 2 N–H and O–H groups in total. The van der Waals surface area contributed by atoms with E-state index in [-0.39, 0.29) is 5.91 Å². The van der Waals surface area contributed by atoms with E-state index < -0.39 is 17.7 Å². The van der Waals surface area contributed by atoms with Crippen LogP contribution in [0.2, 0.25) is 0 Å². The Labute approximate surface area is 285 Å². The van der Waals surface area contributed by atoms with Gasteiger partial charge in [-0.2, -0.15) is 0 Å². The van der Waals surface area contributed by atoms with Crippen molar-refractivity contribution in [3.05, 3.63) is 72.6 Å². The molecular formula is C36H44F2N8O3. The molecule has 4 fully saturated rings. The molecule has 1 aliphatic carbocycles. The number of anilines is 5. The van der Waals surface area contributed by atoms with Crippen molar-refractivity contribution < 1.29 is 23.1 Å². The molecule has 7 rings (SSSR count). The highest BCUT2D eigenvalue weighted by molar-refractivity contribution is 6.02. The van der Waals surface area contributed by atoms with Gasteiger partial charge in [-0.05, 0) is 62.4 Å². The maximum Gasteiger partial charge on any atom is 0.247 e. The molecule has 0 bridgehead atoms. The van der Waals surface area contributed by atoms with Crippen molar-refractivity contribution in [3.63, 3.8) is 0 Å². The smallest absolute Gasteiger partial charge is 0.247 e. The van der Waals surface area contributed by atoms with E-state index in [0.717, 1.165) is 56.8 Å². The minimum Gasteiger partial charge on any atom is -0.492 e. The predicted molar refractivity (Wildman–Crippen MR) is 185 cm³/mol. The number of hydrogen-bond donors (Lipinski definition) is 2. The van der Waals surface area contributed by atoms with Gasteiger partial charge in [0.15, 0.2) is 5.82 Å². The molecule has 1 aromatic heterocycles. The first-order valence-electron chi connectivity index (χ1n) is 17.3. The molecule has 1 atom stereocenters. The van der Waals surface area contributed by atoms with Crippen LogP contribution in [0, 0.1) is 11.6 Å². The maximum absolute atomic E-state index is 14.0. The SMILES string of the molecule is C=CC(=O)Nc1cc(Nc2cc(N3OCCC3c3cc(F)cc(F)c3)ncn2)c(OCC)cc1N1CCC(N2CCN(C3CC3)CC2)CC1. The van der Waals surface area contributed by atoms with Crippen LogP contribution in [0.5, 0.6) is 5.75 Å². The molecule has 49 heavy (non-hydrogen) atoms. The number of hydrogen-bond acceptors (Lipinski definition) is 10. The fraction of sp³-hybridized carbons (Fsp3) is 0.472. The zero-order valence-electron chi connectivity index (χ0n) is 27.9. The molecule has 0 radical (unpaired) electrons. The average molecular weight is 675 g/mol. The second-order valence-electron chi connectivity index (χ2n) is 13.1. The zero-order chi connectivity index (χ0) is 33.9. The van der Waals surface area contributed by atoms with Crippen LogP contribution in [0.25, 0.3) is 0 Å². The first-order chi connectivity index (χ1) is 23.9. The van der Waals surface area contributed by atoms with Crippen LogP contribution >= 0.6 is 0 Å². The molecule has 4 aliphatic rings. The highest BCUT2D eigenvalue weighted by atomic mass is 19.1. The van der Waals surface area contributed by atoms with E-state index in [0.29, 0.717) is 60.0 Å². The number of piperidine rings is 1. The number of aromatic nitrogens is 2. The number of ether oxygens (including phenoxy) is 1. The summed E-state index contributed by atoms with van der Waals surface area (Å²) in [6.07, 6.45) is 8.00. The Morgan fingerprint density at radius 3 is 2.27 bits per heavy atom. The van der Waals surface area contributed by atoms with Crippen molar-refractivity contribution in [3.8, 4) is 5.75 Å². The van der Waals surface area contributed by atoms with Gasteiger partial charge in [-0.1, -0.05) is 6.58 Å². The van der Waals surface area contributed by atoms with Crippen LogP contribution in [-0.2, 0) is 9.63 Å². The molecule has 3 aliphatic heterocycles. The minimum absolute atomic E-state index is 0.310. The zero-order valence-corrected chi connectivity index (χ0v) is 27.9. The molecule has 11 nitrogen and oxygen atoms in total. The monoisotopic (exact) mass is 674 g/mol. The number of hydroxylamine groups is 1. The molecule has 3 aromatic rings. The number of nitrogens with one attached hydrogen (secondary N) is 2. The molecule has 13 heteroatoms. The number of rotatable bonds is 11. The standard InChI is InChI=1S/C36H44F2N8O3/c1-3-36(47)42-29-20-30(41-34-22-35(40-23-39-34)46-31(9-16-49-46)24-17-25(37)19-26(38)18-24)33(48-4-2)21-32(29)45-10-7-28(8-11-45)44-14-12-43(13-15-44)27-5-6-27/h3,17-23,27-28,31H,1,4-16H2,2H3,(H,42,47)(H,39,40,41). The minimum atomic E-state index is -0.648. The Hall–Kier alpha value is -4.33. The Morgan fingerprint density at radius 2 is 1.61 bits per heavy atom. The summed E-state index contributed by atoms with van der Waals surface area (Å²) in [4.78, 5) is 34.9. The lowest BCUT2D eigenvalue weighted by molar-refractivity contribution is -0.111. The number of carbonyl (C=O) groups excluding carboxylic acids is 1. The van der Waals surface area contributed by atoms with Crippen molar-refractivity contribution in [1.29, 1.82) is 0 Å². The van der Waals surface area contributed by atoms with Gasteiger partial charge in [-0.3, -0.25) is 19.4 Å². The normalized spacial score (nSPS) is 20.8. The highest BCUT2D eigenvalue weighted by Gasteiger charge is 2.34. The first-order valence-corrected chi connectivity index (χ1v) is 17.3. The number of nitrogens with zero attached hydrogens (tertiary/aromatic N) is 6. The number of piperazine rings is 1. The molecule has 260 valence electrons. The third-order valence-electron chi connectivity index (χ3n) is 9.89. The fourth-order valence-electron chi connectivity index (χ4n) is 7.31. The van der Waals surface area contributed by atoms with Crippen molar-refractivity contribution in [1.82, 2.24) is 19.8 Å². The first kappa shape index (κ1) is 33.2. The van der Waals surface area contributed by atoms with E-state index >= 15 is 0 Å². The van der Waals surface area contributed by atoms with Crippen LogP contribution < -0.4 is 25.3 Å². The summed E-state index contributed by atoms with van der Waals surface area (Å²) in [6.45, 7) is 12.7. The van der Waals surface area contributed by atoms with Gasteiger partial charge in [0.05, 0.1) is 36.3 Å². The Morgan fingerprint density at radius 1 is 0.918 bits per heavy atom. The van der Waals surface area contributed by atoms with E-state index in [1.807, 2.05) is 19.1 Å². The van der Waals surface area contributed by atoms with Gasteiger partial charge in [-0.25, -0.2) is 23.8 Å². The number of halogens is 2. The average Bonchev–Trinajstić information content (AvgIpc) is 3.84. The van der Waals surface area contributed by atoms with E-state index in [2.05, 4.69) is 41.9 Å². The van der Waals surface area contributed by atoms with Crippen molar-refractivity contribution >= 4 is 34.6 Å². The van der Waals surface area contributed by atoms with E-state index in [1.165, 1.54) is 50.5 Å². The Kier molecular flexibility index (Phi) is 9.92. The molecule has 4 heterocycles. The third-order valence-corrected chi connectivity index (χ3v) is 9.89. The van der Waals surface area contributed by atoms with Crippen LogP contribution in [0.1, 0.15) is 50.6 Å².